The Balaban J connectivity index is 2.97. The van der Waals surface area contributed by atoms with E-state index in [2.05, 4.69) is 15.9 Å². The zero-order chi connectivity index (χ0) is 10.3. The van der Waals surface area contributed by atoms with Crippen LogP contribution in [0.5, 0.6) is 0 Å². The van der Waals surface area contributed by atoms with Crippen LogP contribution in [0.4, 0.5) is 0 Å². The van der Waals surface area contributed by atoms with E-state index in [1.54, 1.807) is 0 Å². The van der Waals surface area contributed by atoms with Gasteiger partial charge in [-0.1, -0.05) is 0 Å². The summed E-state index contributed by atoms with van der Waals surface area (Å²) in [6, 6.07) is 3.75. The van der Waals surface area contributed by atoms with Crippen molar-refractivity contribution in [2.24, 2.45) is 0 Å². The molecule has 0 saturated heterocycles. The third-order valence-corrected chi connectivity index (χ3v) is 2.89. The van der Waals surface area contributed by atoms with Gasteiger partial charge in [-0.15, -0.1) is 0 Å². The zero-order valence-electron chi connectivity index (χ0n) is 7.93. The lowest BCUT2D eigenvalue weighted by molar-refractivity contribution is 0.598. The monoisotopic (exact) mass is 252 g/mol. The highest BCUT2D eigenvalue weighted by molar-refractivity contribution is 9.10. The van der Waals surface area contributed by atoms with Crippen LogP contribution in [0.3, 0.4) is 0 Å². The molecule has 1 aromatic carbocycles. The molecule has 14 heavy (non-hydrogen) atoms. The third kappa shape index (κ3) is 1.38. The zero-order valence-corrected chi connectivity index (χ0v) is 9.51. The smallest absolute Gasteiger partial charge is 0.206 e. The maximum atomic E-state index is 11.7. The van der Waals surface area contributed by atoms with Crippen LogP contribution in [0.15, 0.2) is 32.1 Å². The topological polar surface area (TPSA) is 30.2 Å². The molecule has 2 aromatic rings. The maximum absolute atomic E-state index is 11.7. The molecule has 0 N–H and O–H groups in total. The van der Waals surface area contributed by atoms with Crippen LogP contribution in [0.25, 0.3) is 11.0 Å². The minimum absolute atomic E-state index is 0.0191. The van der Waals surface area contributed by atoms with Crippen LogP contribution in [0.2, 0.25) is 0 Å². The molecule has 0 radical (unpaired) electrons. The van der Waals surface area contributed by atoms with Gasteiger partial charge in [-0.25, -0.2) is 0 Å². The first kappa shape index (κ1) is 9.46. The number of fused-ring (bicyclic) bond motifs is 1. The summed E-state index contributed by atoms with van der Waals surface area (Å²) in [5.41, 5.74) is 2.85. The maximum Gasteiger partial charge on any atom is 0.206 e. The number of hydrogen-bond donors (Lipinski definition) is 0. The molecular weight excluding hydrogens is 244 g/mol. The van der Waals surface area contributed by atoms with Gasteiger partial charge in [0.15, 0.2) is 0 Å². The molecule has 0 bridgehead atoms. The van der Waals surface area contributed by atoms with Crippen molar-refractivity contribution in [3.63, 3.8) is 0 Å². The van der Waals surface area contributed by atoms with Crippen LogP contribution in [0, 0.1) is 13.8 Å². The van der Waals surface area contributed by atoms with E-state index in [-0.39, 0.29) is 5.43 Å². The molecule has 0 spiro atoms. The SMILES string of the molecule is Cc1cc2occ(Br)c(=O)c2cc1C. The number of rotatable bonds is 0. The predicted molar refractivity (Wildman–Crippen MR) is 59.7 cm³/mol. The molecule has 0 aliphatic rings. The van der Waals surface area contributed by atoms with E-state index in [1.807, 2.05) is 26.0 Å². The van der Waals surface area contributed by atoms with E-state index in [1.165, 1.54) is 6.26 Å². The van der Waals surface area contributed by atoms with E-state index in [0.29, 0.717) is 15.4 Å². The van der Waals surface area contributed by atoms with E-state index in [9.17, 15) is 4.79 Å². The Kier molecular flexibility index (Phi) is 2.19. The van der Waals surface area contributed by atoms with E-state index < -0.39 is 0 Å². The molecule has 3 heteroatoms. The second-order valence-electron chi connectivity index (χ2n) is 3.35. The third-order valence-electron chi connectivity index (χ3n) is 2.35. The molecule has 0 unspecified atom stereocenters. The molecule has 0 fully saturated rings. The fourth-order valence-corrected chi connectivity index (χ4v) is 1.67. The van der Waals surface area contributed by atoms with Gasteiger partial charge in [0.2, 0.25) is 5.43 Å². The van der Waals surface area contributed by atoms with Gasteiger partial charge in [0.25, 0.3) is 0 Å². The second-order valence-corrected chi connectivity index (χ2v) is 4.20. The largest absolute Gasteiger partial charge is 0.463 e. The average molecular weight is 253 g/mol. The summed E-state index contributed by atoms with van der Waals surface area (Å²) < 4.78 is 5.78. The Bertz CT molecular complexity index is 555. The molecule has 2 nitrogen and oxygen atoms in total. The normalized spacial score (nSPS) is 10.8. The molecule has 72 valence electrons. The summed E-state index contributed by atoms with van der Waals surface area (Å²) in [6.45, 7) is 3.98. The molecular formula is C11H9BrO2. The molecule has 0 amide bonds. The highest BCUT2D eigenvalue weighted by Crippen LogP contribution is 2.18. The van der Waals surface area contributed by atoms with Gasteiger partial charge in [-0.2, -0.15) is 0 Å². The highest BCUT2D eigenvalue weighted by Gasteiger charge is 2.05. The lowest BCUT2D eigenvalue weighted by Crippen LogP contribution is -2.02. The van der Waals surface area contributed by atoms with Gasteiger partial charge in [0.1, 0.15) is 16.3 Å². The molecule has 0 atom stereocenters. The van der Waals surface area contributed by atoms with Gasteiger partial charge in [-0.05, 0) is 53.0 Å². The van der Waals surface area contributed by atoms with Crippen molar-refractivity contribution >= 4 is 26.9 Å². The Morgan fingerprint density at radius 3 is 2.57 bits per heavy atom. The van der Waals surface area contributed by atoms with Crippen molar-refractivity contribution in [2.45, 2.75) is 13.8 Å². The van der Waals surface area contributed by atoms with Gasteiger partial charge < -0.3 is 4.42 Å². The number of halogens is 1. The molecule has 1 aromatic heterocycles. The van der Waals surface area contributed by atoms with Crippen LogP contribution in [-0.2, 0) is 0 Å². The highest BCUT2D eigenvalue weighted by atomic mass is 79.9. The fraction of sp³-hybridized carbons (Fsp3) is 0.182. The van der Waals surface area contributed by atoms with Crippen LogP contribution < -0.4 is 5.43 Å². The predicted octanol–water partition coefficient (Wildman–Crippen LogP) is 3.17. The Morgan fingerprint density at radius 2 is 1.86 bits per heavy atom. The lowest BCUT2D eigenvalue weighted by Gasteiger charge is -2.02. The standard InChI is InChI=1S/C11H9BrO2/c1-6-3-8-10(4-7(6)2)14-5-9(12)11(8)13/h3-5H,1-2H3. The second kappa shape index (κ2) is 3.24. The van der Waals surface area contributed by atoms with Crippen LogP contribution in [0.1, 0.15) is 11.1 Å². The van der Waals surface area contributed by atoms with Gasteiger partial charge >= 0.3 is 0 Å². The molecule has 0 saturated carbocycles. The number of hydrogen-bond acceptors (Lipinski definition) is 2. The van der Waals surface area contributed by atoms with Gasteiger partial charge in [0, 0.05) is 0 Å². The summed E-state index contributed by atoms with van der Waals surface area (Å²) in [6.07, 6.45) is 1.43. The van der Waals surface area contributed by atoms with Crippen molar-refractivity contribution in [1.29, 1.82) is 0 Å². The van der Waals surface area contributed by atoms with E-state index in [4.69, 9.17) is 4.42 Å². The summed E-state index contributed by atoms with van der Waals surface area (Å²) in [5, 5.41) is 0.627. The van der Waals surface area contributed by atoms with E-state index >= 15 is 0 Å². The van der Waals surface area contributed by atoms with Crippen LogP contribution >= 0.6 is 15.9 Å². The first-order valence-electron chi connectivity index (χ1n) is 4.28. The molecule has 0 aliphatic heterocycles. The Hall–Kier alpha value is -1.09. The molecule has 0 aliphatic carbocycles. The summed E-state index contributed by atoms with van der Waals surface area (Å²) in [4.78, 5) is 11.7. The van der Waals surface area contributed by atoms with Crippen LogP contribution in [-0.4, -0.2) is 0 Å². The van der Waals surface area contributed by atoms with Gasteiger partial charge in [0.05, 0.1) is 5.39 Å². The fourth-order valence-electron chi connectivity index (χ4n) is 1.36. The van der Waals surface area contributed by atoms with Crippen molar-refractivity contribution < 1.29 is 4.42 Å². The van der Waals surface area contributed by atoms with Crippen molar-refractivity contribution in [2.75, 3.05) is 0 Å². The lowest BCUT2D eigenvalue weighted by atomic mass is 10.1. The first-order valence-corrected chi connectivity index (χ1v) is 5.07. The van der Waals surface area contributed by atoms with Gasteiger partial charge in [-0.3, -0.25) is 4.79 Å². The minimum atomic E-state index is -0.0191. The summed E-state index contributed by atoms with van der Waals surface area (Å²) in [5.74, 6) is 0. The van der Waals surface area contributed by atoms with Crippen molar-refractivity contribution in [1.82, 2.24) is 0 Å². The summed E-state index contributed by atoms with van der Waals surface area (Å²) >= 11 is 3.15. The number of aryl methyl sites for hydroxylation is 2. The Labute approximate surface area is 89.7 Å². The molecule has 2 rings (SSSR count). The van der Waals surface area contributed by atoms with E-state index in [0.717, 1.165) is 11.1 Å². The van der Waals surface area contributed by atoms with Crippen molar-refractivity contribution in [3.8, 4) is 0 Å². The summed E-state index contributed by atoms with van der Waals surface area (Å²) in [7, 11) is 0. The Morgan fingerprint density at radius 1 is 1.21 bits per heavy atom. The van der Waals surface area contributed by atoms with Crippen molar-refractivity contribution in [3.05, 3.63) is 44.2 Å². The quantitative estimate of drug-likeness (QED) is 0.721. The first-order chi connectivity index (χ1) is 6.59. The number of benzene rings is 1. The average Bonchev–Trinajstić information content (AvgIpc) is 2.15. The molecule has 1 heterocycles. The minimum Gasteiger partial charge on any atom is -0.463 e.